The van der Waals surface area contributed by atoms with Crippen LogP contribution in [0.15, 0.2) is 48.5 Å². The zero-order chi connectivity index (χ0) is 18.6. The monoisotopic (exact) mass is 364 g/mol. The van der Waals surface area contributed by atoms with Crippen molar-refractivity contribution < 1.29 is 14.3 Å². The van der Waals surface area contributed by atoms with E-state index in [1.54, 1.807) is 6.08 Å². The molecule has 0 spiro atoms. The Morgan fingerprint density at radius 1 is 1.07 bits per heavy atom. The van der Waals surface area contributed by atoms with Gasteiger partial charge >= 0.3 is 0 Å². The third-order valence-corrected chi connectivity index (χ3v) is 5.11. The highest BCUT2D eigenvalue weighted by Crippen LogP contribution is 2.32. The van der Waals surface area contributed by atoms with Crippen LogP contribution >= 0.6 is 0 Å². The number of carbonyl (C=O) groups excluding carboxylic acids is 1. The molecule has 5 nitrogen and oxygen atoms in total. The SMILES string of the molecule is CC1CCN(c2ccc(NC(=O)/C=C/c3ccc4c(c3)OCO4)cc2)CC1. The lowest BCUT2D eigenvalue weighted by Crippen LogP contribution is -2.32. The third-order valence-electron chi connectivity index (χ3n) is 5.11. The van der Waals surface area contributed by atoms with Crippen molar-refractivity contribution in [1.82, 2.24) is 0 Å². The number of ether oxygens (including phenoxy) is 2. The second kappa shape index (κ2) is 7.74. The van der Waals surface area contributed by atoms with E-state index >= 15 is 0 Å². The summed E-state index contributed by atoms with van der Waals surface area (Å²) in [4.78, 5) is 14.6. The molecule has 1 saturated heterocycles. The molecule has 140 valence electrons. The van der Waals surface area contributed by atoms with Crippen molar-refractivity contribution in [2.75, 3.05) is 30.1 Å². The summed E-state index contributed by atoms with van der Waals surface area (Å²) in [6, 6.07) is 13.7. The molecule has 0 bridgehead atoms. The normalized spacial score (nSPS) is 16.7. The number of benzene rings is 2. The molecule has 2 aromatic carbocycles. The van der Waals surface area contributed by atoms with Crippen molar-refractivity contribution in [2.45, 2.75) is 19.8 Å². The number of hydrogen-bond acceptors (Lipinski definition) is 4. The van der Waals surface area contributed by atoms with E-state index in [-0.39, 0.29) is 12.7 Å². The number of hydrogen-bond donors (Lipinski definition) is 1. The van der Waals surface area contributed by atoms with Gasteiger partial charge in [0.25, 0.3) is 0 Å². The fourth-order valence-corrected chi connectivity index (χ4v) is 3.40. The van der Waals surface area contributed by atoms with Crippen molar-refractivity contribution in [3.63, 3.8) is 0 Å². The minimum absolute atomic E-state index is 0.160. The van der Waals surface area contributed by atoms with Gasteiger partial charge in [0, 0.05) is 30.5 Å². The second-order valence-corrected chi connectivity index (χ2v) is 7.15. The van der Waals surface area contributed by atoms with E-state index in [0.29, 0.717) is 5.75 Å². The highest BCUT2D eigenvalue weighted by atomic mass is 16.7. The van der Waals surface area contributed by atoms with Gasteiger partial charge in [0.05, 0.1) is 0 Å². The molecule has 0 atom stereocenters. The predicted molar refractivity (Wildman–Crippen MR) is 107 cm³/mol. The minimum atomic E-state index is -0.160. The summed E-state index contributed by atoms with van der Waals surface area (Å²) in [5.41, 5.74) is 2.91. The Morgan fingerprint density at radius 2 is 1.81 bits per heavy atom. The topological polar surface area (TPSA) is 50.8 Å². The van der Waals surface area contributed by atoms with Gasteiger partial charge in [0.15, 0.2) is 11.5 Å². The first-order valence-electron chi connectivity index (χ1n) is 9.41. The van der Waals surface area contributed by atoms with E-state index in [4.69, 9.17) is 9.47 Å². The molecule has 0 aliphatic carbocycles. The number of nitrogens with zero attached hydrogens (tertiary/aromatic N) is 1. The molecule has 0 radical (unpaired) electrons. The number of fused-ring (bicyclic) bond motifs is 1. The van der Waals surface area contributed by atoms with Crippen molar-refractivity contribution >= 4 is 23.4 Å². The molecular weight excluding hydrogens is 340 g/mol. The standard InChI is InChI=1S/C22H24N2O3/c1-16-10-12-24(13-11-16)19-6-4-18(5-7-19)23-22(25)9-3-17-2-8-20-21(14-17)27-15-26-20/h2-9,14,16H,10-13,15H2,1H3,(H,23,25)/b9-3+. The molecule has 0 saturated carbocycles. The van der Waals surface area contributed by atoms with Crippen LogP contribution in [0.3, 0.4) is 0 Å². The van der Waals surface area contributed by atoms with Crippen LogP contribution in [0.4, 0.5) is 11.4 Å². The molecule has 2 aliphatic rings. The molecule has 1 fully saturated rings. The molecule has 0 aromatic heterocycles. The predicted octanol–water partition coefficient (Wildman–Crippen LogP) is 4.30. The maximum atomic E-state index is 12.2. The zero-order valence-electron chi connectivity index (χ0n) is 15.5. The minimum Gasteiger partial charge on any atom is -0.454 e. The number of carbonyl (C=O) groups is 1. The summed E-state index contributed by atoms with van der Waals surface area (Å²) in [5, 5.41) is 2.90. The lowest BCUT2D eigenvalue weighted by atomic mass is 9.99. The van der Waals surface area contributed by atoms with E-state index in [0.717, 1.165) is 36.0 Å². The number of piperidine rings is 1. The first kappa shape index (κ1) is 17.5. The maximum absolute atomic E-state index is 12.2. The van der Waals surface area contributed by atoms with Crippen LogP contribution in [-0.4, -0.2) is 25.8 Å². The first-order chi connectivity index (χ1) is 13.2. The summed E-state index contributed by atoms with van der Waals surface area (Å²) >= 11 is 0. The molecule has 0 unspecified atom stereocenters. The van der Waals surface area contributed by atoms with Gasteiger partial charge in [0.2, 0.25) is 12.7 Å². The Morgan fingerprint density at radius 3 is 2.59 bits per heavy atom. The molecule has 1 N–H and O–H groups in total. The lowest BCUT2D eigenvalue weighted by molar-refractivity contribution is -0.111. The van der Waals surface area contributed by atoms with E-state index in [1.165, 1.54) is 24.6 Å². The largest absolute Gasteiger partial charge is 0.454 e. The summed E-state index contributed by atoms with van der Waals surface area (Å²) < 4.78 is 10.6. The van der Waals surface area contributed by atoms with E-state index in [2.05, 4.69) is 29.3 Å². The van der Waals surface area contributed by atoms with Gasteiger partial charge in [-0.05, 0) is 66.8 Å². The van der Waals surface area contributed by atoms with Gasteiger partial charge in [0.1, 0.15) is 0 Å². The van der Waals surface area contributed by atoms with E-state index in [9.17, 15) is 4.79 Å². The van der Waals surface area contributed by atoms with Crippen LogP contribution in [0.5, 0.6) is 11.5 Å². The molecule has 2 heterocycles. The Hall–Kier alpha value is -2.95. The summed E-state index contributed by atoms with van der Waals surface area (Å²) in [5.74, 6) is 2.10. The summed E-state index contributed by atoms with van der Waals surface area (Å²) in [6.45, 7) is 4.76. The first-order valence-corrected chi connectivity index (χ1v) is 9.41. The molecular formula is C22H24N2O3. The average molecular weight is 364 g/mol. The maximum Gasteiger partial charge on any atom is 0.248 e. The highest BCUT2D eigenvalue weighted by molar-refractivity contribution is 6.02. The molecule has 2 aliphatic heterocycles. The Bertz CT molecular complexity index is 837. The van der Waals surface area contributed by atoms with Crippen LogP contribution in [0, 0.1) is 5.92 Å². The third kappa shape index (κ3) is 4.25. The molecule has 1 amide bonds. The van der Waals surface area contributed by atoms with Gasteiger partial charge in [-0.2, -0.15) is 0 Å². The summed E-state index contributed by atoms with van der Waals surface area (Å²) in [6.07, 6.45) is 5.77. The zero-order valence-corrected chi connectivity index (χ0v) is 15.5. The molecule has 2 aromatic rings. The molecule has 4 rings (SSSR count). The lowest BCUT2D eigenvalue weighted by Gasteiger charge is -2.32. The Balaban J connectivity index is 1.34. The smallest absolute Gasteiger partial charge is 0.248 e. The Labute approximate surface area is 159 Å². The van der Waals surface area contributed by atoms with Crippen molar-refractivity contribution in [3.05, 3.63) is 54.1 Å². The van der Waals surface area contributed by atoms with Crippen molar-refractivity contribution in [3.8, 4) is 11.5 Å². The second-order valence-electron chi connectivity index (χ2n) is 7.15. The average Bonchev–Trinajstić information content (AvgIpc) is 3.15. The van der Waals surface area contributed by atoms with Crippen molar-refractivity contribution in [2.24, 2.45) is 5.92 Å². The molecule has 5 heteroatoms. The van der Waals surface area contributed by atoms with Crippen LogP contribution in [-0.2, 0) is 4.79 Å². The number of amides is 1. The van der Waals surface area contributed by atoms with Gasteiger partial charge in [-0.15, -0.1) is 0 Å². The number of rotatable bonds is 4. The van der Waals surface area contributed by atoms with Crippen LogP contribution in [0.1, 0.15) is 25.3 Å². The summed E-state index contributed by atoms with van der Waals surface area (Å²) in [7, 11) is 0. The van der Waals surface area contributed by atoms with Crippen LogP contribution in [0.2, 0.25) is 0 Å². The quantitative estimate of drug-likeness (QED) is 0.822. The van der Waals surface area contributed by atoms with Crippen LogP contribution < -0.4 is 19.7 Å². The van der Waals surface area contributed by atoms with E-state index < -0.39 is 0 Å². The van der Waals surface area contributed by atoms with E-state index in [1.807, 2.05) is 30.3 Å². The van der Waals surface area contributed by atoms with Crippen molar-refractivity contribution in [1.29, 1.82) is 0 Å². The number of nitrogens with one attached hydrogen (secondary N) is 1. The van der Waals surface area contributed by atoms with Gasteiger partial charge in [-0.25, -0.2) is 0 Å². The fraction of sp³-hybridized carbons (Fsp3) is 0.318. The number of anilines is 2. The highest BCUT2D eigenvalue weighted by Gasteiger charge is 2.16. The van der Waals surface area contributed by atoms with Gasteiger partial charge in [-0.1, -0.05) is 13.0 Å². The fourth-order valence-electron chi connectivity index (χ4n) is 3.40. The van der Waals surface area contributed by atoms with Gasteiger partial charge in [-0.3, -0.25) is 4.79 Å². The Kier molecular flexibility index (Phi) is 5.01. The van der Waals surface area contributed by atoms with Crippen LogP contribution in [0.25, 0.3) is 6.08 Å². The van der Waals surface area contributed by atoms with Gasteiger partial charge < -0.3 is 19.7 Å². The molecule has 27 heavy (non-hydrogen) atoms.